The molecule has 1 N–H and O–H groups in total. The number of carbonyl (C=O) groups is 1. The number of aliphatic imine (C=N–C) groups is 1. The molecule has 1 aromatic rings. The smallest absolute Gasteiger partial charge is 0.224 e. The number of carbonyl (C=O) groups excluding carboxylic acids is 1. The molecule has 6 nitrogen and oxygen atoms in total. The van der Waals surface area contributed by atoms with Gasteiger partial charge in [0.2, 0.25) is 5.91 Å². The third-order valence-electron chi connectivity index (χ3n) is 4.88. The second-order valence-electron chi connectivity index (χ2n) is 7.03. The summed E-state index contributed by atoms with van der Waals surface area (Å²) in [6, 6.07) is 2.32. The number of amides is 1. The van der Waals surface area contributed by atoms with Crippen molar-refractivity contribution in [3.8, 4) is 0 Å². The number of aryl methyl sites for hydroxylation is 1. The van der Waals surface area contributed by atoms with Crippen LogP contribution in [0.3, 0.4) is 0 Å². The van der Waals surface area contributed by atoms with Crippen molar-refractivity contribution in [1.29, 1.82) is 0 Å². The third-order valence-corrected chi connectivity index (χ3v) is 5.09. The van der Waals surface area contributed by atoms with Gasteiger partial charge in [-0.05, 0) is 39.2 Å². The molecular weight excluding hydrogens is 477 g/mol. The zero-order valence-corrected chi connectivity index (χ0v) is 20.0. The fourth-order valence-corrected chi connectivity index (χ4v) is 3.65. The molecule has 2 rings (SSSR count). The standard InChI is InChI=1S/C19H32ClN5O.HI/c1-5-21-19(24(4)14-17-12-16(20)13-23(17)3)22-10-9-18(26)25-11-7-6-8-15(25)2;/h12-13,15H,5-11,14H2,1-4H3,(H,21,22);1H. The summed E-state index contributed by atoms with van der Waals surface area (Å²) in [6.45, 7) is 7.06. The van der Waals surface area contributed by atoms with Crippen molar-refractivity contribution in [3.05, 3.63) is 23.0 Å². The molecule has 8 heteroatoms. The van der Waals surface area contributed by atoms with Crippen LogP contribution in [0.2, 0.25) is 5.02 Å². The topological polar surface area (TPSA) is 52.9 Å². The Morgan fingerprint density at radius 2 is 2.19 bits per heavy atom. The lowest BCUT2D eigenvalue weighted by atomic mass is 10.0. The van der Waals surface area contributed by atoms with Crippen molar-refractivity contribution < 1.29 is 4.79 Å². The Labute approximate surface area is 185 Å². The number of guanidine groups is 1. The van der Waals surface area contributed by atoms with Crippen molar-refractivity contribution in [1.82, 2.24) is 19.7 Å². The minimum Gasteiger partial charge on any atom is -0.357 e. The van der Waals surface area contributed by atoms with Gasteiger partial charge in [-0.3, -0.25) is 9.79 Å². The van der Waals surface area contributed by atoms with Crippen molar-refractivity contribution in [3.63, 3.8) is 0 Å². The normalized spacial score (nSPS) is 17.4. The van der Waals surface area contributed by atoms with Gasteiger partial charge in [-0.2, -0.15) is 0 Å². The summed E-state index contributed by atoms with van der Waals surface area (Å²) < 4.78 is 2.02. The Bertz CT molecular complexity index is 634. The molecule has 0 bridgehead atoms. The van der Waals surface area contributed by atoms with Gasteiger partial charge in [-0.1, -0.05) is 11.6 Å². The van der Waals surface area contributed by atoms with E-state index in [1.807, 2.05) is 42.7 Å². The Balaban J connectivity index is 0.00000364. The fourth-order valence-electron chi connectivity index (χ4n) is 3.38. The predicted octanol–water partition coefficient (Wildman–Crippen LogP) is 3.48. The SMILES string of the molecule is CCNC(=NCCC(=O)N1CCCCC1C)N(C)Cc1cc(Cl)cn1C.I. The molecule has 0 saturated carbocycles. The van der Waals surface area contributed by atoms with Crippen molar-refractivity contribution in [2.24, 2.45) is 12.0 Å². The number of rotatable bonds is 6. The largest absolute Gasteiger partial charge is 0.357 e. The van der Waals surface area contributed by atoms with Crippen LogP contribution in [0.4, 0.5) is 0 Å². The number of aromatic nitrogens is 1. The van der Waals surface area contributed by atoms with Crippen LogP contribution in [-0.4, -0.2) is 59.0 Å². The van der Waals surface area contributed by atoms with Gasteiger partial charge in [0.15, 0.2) is 5.96 Å². The maximum Gasteiger partial charge on any atom is 0.224 e. The zero-order chi connectivity index (χ0) is 19.1. The van der Waals surface area contributed by atoms with Crippen LogP contribution in [0.25, 0.3) is 0 Å². The Morgan fingerprint density at radius 3 is 2.78 bits per heavy atom. The molecule has 1 aliphatic rings. The molecule has 154 valence electrons. The molecule has 1 atom stereocenters. The summed E-state index contributed by atoms with van der Waals surface area (Å²) >= 11 is 6.07. The maximum atomic E-state index is 12.5. The highest BCUT2D eigenvalue weighted by Gasteiger charge is 2.22. The van der Waals surface area contributed by atoms with Crippen LogP contribution >= 0.6 is 35.6 Å². The molecule has 1 unspecified atom stereocenters. The van der Waals surface area contributed by atoms with Gasteiger partial charge in [0.05, 0.1) is 18.1 Å². The van der Waals surface area contributed by atoms with Crippen LogP contribution in [0.1, 0.15) is 45.2 Å². The van der Waals surface area contributed by atoms with E-state index in [1.54, 1.807) is 0 Å². The van der Waals surface area contributed by atoms with Crippen LogP contribution in [0, 0.1) is 0 Å². The van der Waals surface area contributed by atoms with E-state index in [1.165, 1.54) is 6.42 Å². The molecule has 0 radical (unpaired) electrons. The lowest BCUT2D eigenvalue weighted by Crippen LogP contribution is -2.42. The van der Waals surface area contributed by atoms with Crippen LogP contribution in [0.5, 0.6) is 0 Å². The maximum absolute atomic E-state index is 12.5. The van der Waals surface area contributed by atoms with Gasteiger partial charge in [0, 0.05) is 51.5 Å². The minimum atomic E-state index is 0. The number of nitrogens with zero attached hydrogens (tertiary/aromatic N) is 4. The number of hydrogen-bond acceptors (Lipinski definition) is 2. The summed E-state index contributed by atoms with van der Waals surface area (Å²) in [7, 11) is 3.98. The Hall–Kier alpha value is -0.960. The first-order valence-corrected chi connectivity index (χ1v) is 9.89. The predicted molar refractivity (Wildman–Crippen MR) is 123 cm³/mol. The molecule has 1 amide bonds. The highest BCUT2D eigenvalue weighted by Crippen LogP contribution is 2.17. The molecule has 1 aliphatic heterocycles. The van der Waals surface area contributed by atoms with E-state index in [0.29, 0.717) is 25.6 Å². The van der Waals surface area contributed by atoms with Gasteiger partial charge in [-0.25, -0.2) is 0 Å². The average molecular weight is 510 g/mol. The van der Waals surface area contributed by atoms with Gasteiger partial charge in [0.1, 0.15) is 0 Å². The molecule has 27 heavy (non-hydrogen) atoms. The summed E-state index contributed by atoms with van der Waals surface area (Å²) in [4.78, 5) is 21.2. The number of halogens is 2. The highest BCUT2D eigenvalue weighted by atomic mass is 127. The number of piperidine rings is 1. The van der Waals surface area contributed by atoms with Crippen molar-refractivity contribution >= 4 is 47.4 Å². The number of nitrogens with one attached hydrogen (secondary N) is 1. The van der Waals surface area contributed by atoms with E-state index in [0.717, 1.165) is 42.6 Å². The molecule has 0 aromatic carbocycles. The first-order valence-electron chi connectivity index (χ1n) is 9.52. The molecule has 2 heterocycles. The summed E-state index contributed by atoms with van der Waals surface area (Å²) in [5.74, 6) is 1.03. The first kappa shape index (κ1) is 24.1. The van der Waals surface area contributed by atoms with E-state index in [-0.39, 0.29) is 29.9 Å². The van der Waals surface area contributed by atoms with Gasteiger partial charge in [-0.15, -0.1) is 24.0 Å². The lowest BCUT2D eigenvalue weighted by molar-refractivity contribution is -0.134. The van der Waals surface area contributed by atoms with Gasteiger partial charge in [0.25, 0.3) is 0 Å². The molecule has 1 fully saturated rings. The Kier molecular flexibility index (Phi) is 10.5. The van der Waals surface area contributed by atoms with Gasteiger partial charge >= 0.3 is 0 Å². The van der Waals surface area contributed by atoms with Crippen LogP contribution < -0.4 is 5.32 Å². The Morgan fingerprint density at radius 1 is 1.44 bits per heavy atom. The molecule has 0 spiro atoms. The van der Waals surface area contributed by atoms with Crippen LogP contribution in [-0.2, 0) is 18.4 Å². The lowest BCUT2D eigenvalue weighted by Gasteiger charge is -2.33. The van der Waals surface area contributed by atoms with E-state index in [2.05, 4.69) is 22.1 Å². The summed E-state index contributed by atoms with van der Waals surface area (Å²) in [6.07, 6.45) is 5.81. The molecular formula is C19H33ClIN5O. The monoisotopic (exact) mass is 509 g/mol. The third kappa shape index (κ3) is 7.18. The van der Waals surface area contributed by atoms with Crippen molar-refractivity contribution in [2.45, 2.75) is 52.1 Å². The second kappa shape index (κ2) is 11.8. The number of hydrogen-bond donors (Lipinski definition) is 1. The second-order valence-corrected chi connectivity index (χ2v) is 7.47. The molecule has 0 aliphatic carbocycles. The van der Waals surface area contributed by atoms with Crippen molar-refractivity contribution in [2.75, 3.05) is 26.7 Å². The van der Waals surface area contributed by atoms with E-state index < -0.39 is 0 Å². The van der Waals surface area contributed by atoms with E-state index in [4.69, 9.17) is 11.6 Å². The fraction of sp³-hybridized carbons (Fsp3) is 0.684. The zero-order valence-electron chi connectivity index (χ0n) is 16.9. The van der Waals surface area contributed by atoms with Gasteiger partial charge < -0.3 is 19.7 Å². The summed E-state index contributed by atoms with van der Waals surface area (Å²) in [5.41, 5.74) is 1.11. The quantitative estimate of drug-likeness (QED) is 0.363. The summed E-state index contributed by atoms with van der Waals surface area (Å²) in [5, 5.41) is 4.03. The minimum absolute atomic E-state index is 0. The molecule has 1 aromatic heterocycles. The van der Waals surface area contributed by atoms with E-state index >= 15 is 0 Å². The first-order chi connectivity index (χ1) is 12.4. The van der Waals surface area contributed by atoms with E-state index in [9.17, 15) is 4.79 Å². The van der Waals surface area contributed by atoms with Crippen LogP contribution in [0.15, 0.2) is 17.3 Å². The number of likely N-dealkylation sites (tertiary alicyclic amines) is 1. The molecule has 1 saturated heterocycles. The average Bonchev–Trinajstić information content (AvgIpc) is 2.91. The highest BCUT2D eigenvalue weighted by molar-refractivity contribution is 14.0.